The van der Waals surface area contributed by atoms with Gasteiger partial charge in [0.25, 0.3) is 10.0 Å². The highest BCUT2D eigenvalue weighted by Gasteiger charge is 2.49. The lowest BCUT2D eigenvalue weighted by Crippen LogP contribution is -2.44. The van der Waals surface area contributed by atoms with Crippen molar-refractivity contribution in [2.24, 2.45) is 11.0 Å². The van der Waals surface area contributed by atoms with E-state index in [1.807, 2.05) is 0 Å². The molecule has 0 N–H and O–H groups in total. The molecule has 0 saturated carbocycles. The normalized spacial score (nSPS) is 22.0. The quantitative estimate of drug-likeness (QED) is 0.757. The van der Waals surface area contributed by atoms with E-state index in [1.165, 1.54) is 6.08 Å². The smallest absolute Gasteiger partial charge is 0.279 e. The summed E-state index contributed by atoms with van der Waals surface area (Å²) in [5.41, 5.74) is 0.773. The van der Waals surface area contributed by atoms with Crippen LogP contribution in [-0.4, -0.2) is 36.2 Å². The molecule has 0 spiro atoms. The minimum Gasteiger partial charge on any atom is -0.290 e. The molecule has 2 atom stereocenters. The molecule has 1 aliphatic heterocycles. The number of hydrogen-bond donors (Lipinski definition) is 0. The highest BCUT2D eigenvalue weighted by Crippen LogP contribution is 2.34. The number of fused-ring (bicyclic) bond motifs is 1. The molecule has 2 aromatic carbocycles. The fraction of sp³-hybridized carbons (Fsp3) is 0.105. The zero-order chi connectivity index (χ0) is 19.2. The predicted octanol–water partition coefficient (Wildman–Crippen LogP) is 1.93. The van der Waals surface area contributed by atoms with Crippen LogP contribution in [0.2, 0.25) is 0 Å². The number of halogens is 1. The number of sulfonamides is 1. The van der Waals surface area contributed by atoms with Crippen molar-refractivity contribution < 1.29 is 22.4 Å². The monoisotopic (exact) mass is 384 g/mol. The summed E-state index contributed by atoms with van der Waals surface area (Å²) in [6.07, 6.45) is 2.44. The van der Waals surface area contributed by atoms with Crippen molar-refractivity contribution in [3.05, 3.63) is 78.1 Å². The van der Waals surface area contributed by atoms with Gasteiger partial charge < -0.3 is 0 Å². The minimum atomic E-state index is -4.14. The Morgan fingerprint density at radius 2 is 1.63 bits per heavy atom. The molecule has 1 heterocycles. The molecule has 0 fully saturated rings. The highest BCUT2D eigenvalue weighted by molar-refractivity contribution is 7.89. The van der Waals surface area contributed by atoms with Gasteiger partial charge in [0.15, 0.2) is 0 Å². The van der Waals surface area contributed by atoms with Gasteiger partial charge in [-0.2, -0.15) is 17.9 Å². The summed E-state index contributed by atoms with van der Waals surface area (Å²) in [4.78, 5) is 24.2. The van der Waals surface area contributed by atoms with Crippen LogP contribution < -0.4 is 0 Å². The lowest BCUT2D eigenvalue weighted by atomic mass is 9.83. The molecule has 0 radical (unpaired) electrons. The molecule has 4 rings (SSSR count). The summed E-state index contributed by atoms with van der Waals surface area (Å²) in [5, 5.41) is 4.20. The lowest BCUT2D eigenvalue weighted by Gasteiger charge is -2.25. The van der Waals surface area contributed by atoms with Gasteiger partial charge in [-0.15, -0.1) is 0 Å². The maximum absolute atomic E-state index is 13.2. The molecule has 1 aliphatic carbocycles. The van der Waals surface area contributed by atoms with Gasteiger partial charge in [0, 0.05) is 0 Å². The summed E-state index contributed by atoms with van der Waals surface area (Å²) in [5.74, 6) is -2.98. The summed E-state index contributed by atoms with van der Waals surface area (Å²) in [6.45, 7) is 0. The van der Waals surface area contributed by atoms with Crippen molar-refractivity contribution >= 4 is 27.3 Å². The van der Waals surface area contributed by atoms with E-state index in [0.717, 1.165) is 34.8 Å². The van der Waals surface area contributed by atoms with Crippen LogP contribution in [-0.2, 0) is 19.6 Å². The van der Waals surface area contributed by atoms with Gasteiger partial charge >= 0.3 is 0 Å². The van der Waals surface area contributed by atoms with Crippen LogP contribution in [0.15, 0.2) is 76.7 Å². The van der Waals surface area contributed by atoms with Crippen molar-refractivity contribution in [3.8, 4) is 0 Å². The summed E-state index contributed by atoms with van der Waals surface area (Å²) in [6, 6.07) is 12.0. The Balaban J connectivity index is 1.86. The predicted molar refractivity (Wildman–Crippen MR) is 94.8 cm³/mol. The molecule has 6 nitrogen and oxygen atoms in total. The molecule has 136 valence electrons. The Hall–Kier alpha value is -3.13. The van der Waals surface area contributed by atoms with E-state index < -0.39 is 39.4 Å². The van der Waals surface area contributed by atoms with Crippen molar-refractivity contribution in [1.82, 2.24) is 4.41 Å². The van der Waals surface area contributed by atoms with Crippen LogP contribution in [0.4, 0.5) is 4.39 Å². The summed E-state index contributed by atoms with van der Waals surface area (Å²) >= 11 is 0. The molecule has 8 heteroatoms. The largest absolute Gasteiger partial charge is 0.290 e. The van der Waals surface area contributed by atoms with Crippen molar-refractivity contribution in [2.45, 2.75) is 10.9 Å². The first kappa shape index (κ1) is 17.3. The first-order chi connectivity index (χ1) is 12.9. The molecular weight excluding hydrogens is 371 g/mol. The number of Topliss-reactive ketones (excluding diaryl/α,β-unsaturated/α-hetero) is 1. The van der Waals surface area contributed by atoms with Crippen molar-refractivity contribution in [3.63, 3.8) is 0 Å². The van der Waals surface area contributed by atoms with E-state index in [4.69, 9.17) is 0 Å². The zero-order valence-corrected chi connectivity index (χ0v) is 14.6. The van der Waals surface area contributed by atoms with Gasteiger partial charge in [-0.25, -0.2) is 4.39 Å². The summed E-state index contributed by atoms with van der Waals surface area (Å²) < 4.78 is 40.1. The van der Waals surface area contributed by atoms with E-state index in [9.17, 15) is 22.4 Å². The average Bonchev–Trinajstić information content (AvgIpc) is 3.07. The zero-order valence-electron chi connectivity index (χ0n) is 13.8. The number of hydrazone groups is 1. The van der Waals surface area contributed by atoms with Gasteiger partial charge in [-0.1, -0.05) is 36.4 Å². The van der Waals surface area contributed by atoms with E-state index in [0.29, 0.717) is 5.56 Å². The number of nitrogens with zero attached hydrogens (tertiary/aromatic N) is 2. The van der Waals surface area contributed by atoms with E-state index in [-0.39, 0.29) is 10.6 Å². The van der Waals surface area contributed by atoms with Gasteiger partial charge in [0.1, 0.15) is 5.82 Å². The fourth-order valence-electron chi connectivity index (χ4n) is 3.18. The standard InChI is InChI=1S/C19H13FN2O4S/c20-13-6-8-14(9-7-13)27(25,26)22-15-10-11-16(23)19(24)17(15)18(21-22)12-4-2-1-3-5-12/h1-11,15,17H. The molecule has 2 aromatic rings. The number of rotatable bonds is 3. The van der Waals surface area contributed by atoms with Gasteiger partial charge in [-0.3, -0.25) is 9.59 Å². The van der Waals surface area contributed by atoms with E-state index in [1.54, 1.807) is 30.3 Å². The molecule has 0 aromatic heterocycles. The Morgan fingerprint density at radius 3 is 2.30 bits per heavy atom. The van der Waals surface area contributed by atoms with Crippen molar-refractivity contribution in [2.75, 3.05) is 0 Å². The minimum absolute atomic E-state index is 0.154. The number of carbonyl (C=O) groups excluding carboxylic acids is 2. The second-order valence-electron chi connectivity index (χ2n) is 6.14. The van der Waals surface area contributed by atoms with Gasteiger partial charge in [-0.05, 0) is 35.9 Å². The number of allylic oxidation sites excluding steroid dienone is 1. The van der Waals surface area contributed by atoms with E-state index in [2.05, 4.69) is 5.10 Å². The molecule has 0 amide bonds. The van der Waals surface area contributed by atoms with Gasteiger partial charge in [0.05, 0.1) is 22.6 Å². The number of ketones is 2. The molecule has 0 bridgehead atoms. The van der Waals surface area contributed by atoms with Crippen molar-refractivity contribution in [1.29, 1.82) is 0 Å². The third-order valence-electron chi connectivity index (χ3n) is 4.49. The second-order valence-corrected chi connectivity index (χ2v) is 7.93. The Morgan fingerprint density at radius 1 is 0.963 bits per heavy atom. The first-order valence-electron chi connectivity index (χ1n) is 8.10. The number of carbonyl (C=O) groups is 2. The van der Waals surface area contributed by atoms with Crippen LogP contribution in [0.25, 0.3) is 0 Å². The Bertz CT molecular complexity index is 1090. The molecule has 2 unspecified atom stereocenters. The fourth-order valence-corrected chi connectivity index (χ4v) is 4.59. The molecule has 2 aliphatic rings. The van der Waals surface area contributed by atoms with Crippen LogP contribution in [0.1, 0.15) is 5.56 Å². The second kappa shape index (κ2) is 6.24. The third-order valence-corrected chi connectivity index (χ3v) is 6.18. The maximum Gasteiger partial charge on any atom is 0.279 e. The maximum atomic E-state index is 13.2. The Kier molecular flexibility index (Phi) is 4.00. The van der Waals surface area contributed by atoms with Crippen LogP contribution >= 0.6 is 0 Å². The molecular formula is C19H13FN2O4S. The van der Waals surface area contributed by atoms with Crippen LogP contribution in [0.3, 0.4) is 0 Å². The highest BCUT2D eigenvalue weighted by atomic mass is 32.2. The number of benzene rings is 2. The molecule has 0 saturated heterocycles. The average molecular weight is 384 g/mol. The van der Waals surface area contributed by atoms with Crippen LogP contribution in [0.5, 0.6) is 0 Å². The SMILES string of the molecule is O=C1C=CC2C(C1=O)C(c1ccccc1)=NN2S(=O)(=O)c1ccc(F)cc1. The number of hydrogen-bond acceptors (Lipinski definition) is 5. The topological polar surface area (TPSA) is 83.9 Å². The van der Waals surface area contributed by atoms with E-state index >= 15 is 0 Å². The molecule has 27 heavy (non-hydrogen) atoms. The Labute approximate surface area is 154 Å². The lowest BCUT2D eigenvalue weighted by molar-refractivity contribution is -0.135. The van der Waals surface area contributed by atoms with Gasteiger partial charge in [0.2, 0.25) is 11.6 Å². The summed E-state index contributed by atoms with van der Waals surface area (Å²) in [7, 11) is -4.14. The third kappa shape index (κ3) is 2.78. The first-order valence-corrected chi connectivity index (χ1v) is 9.54. The van der Waals surface area contributed by atoms with Crippen LogP contribution in [0, 0.1) is 11.7 Å².